The minimum absolute atomic E-state index is 0.0312. The first-order chi connectivity index (χ1) is 11.5. The lowest BCUT2D eigenvalue weighted by molar-refractivity contribution is 0.232. The second-order valence-corrected chi connectivity index (χ2v) is 6.22. The van der Waals surface area contributed by atoms with Crippen LogP contribution >= 0.6 is 0 Å². The molecule has 0 fully saturated rings. The van der Waals surface area contributed by atoms with E-state index in [-0.39, 0.29) is 12.1 Å². The number of para-hydroxylation sites is 1. The van der Waals surface area contributed by atoms with Crippen molar-refractivity contribution in [3.05, 3.63) is 53.6 Å². The van der Waals surface area contributed by atoms with Gasteiger partial charge in [0.15, 0.2) is 0 Å². The second kappa shape index (κ2) is 6.83. The molecule has 2 aromatic carbocycles. The highest BCUT2D eigenvalue weighted by molar-refractivity contribution is 5.90. The molecule has 0 spiro atoms. The molecule has 0 unspecified atom stereocenters. The molecule has 0 radical (unpaired) electrons. The van der Waals surface area contributed by atoms with Gasteiger partial charge in [-0.25, -0.2) is 4.79 Å². The average Bonchev–Trinajstić information content (AvgIpc) is 2.57. The quantitative estimate of drug-likeness (QED) is 0.904. The number of fused-ring (bicyclic) bond motifs is 1. The van der Waals surface area contributed by atoms with Crippen molar-refractivity contribution in [3.8, 4) is 5.75 Å². The monoisotopic (exact) mass is 325 g/mol. The van der Waals surface area contributed by atoms with Crippen molar-refractivity contribution in [2.75, 3.05) is 30.9 Å². The summed E-state index contributed by atoms with van der Waals surface area (Å²) in [7, 11) is 3.99. The molecule has 1 heterocycles. The van der Waals surface area contributed by atoms with Gasteiger partial charge in [0, 0.05) is 37.5 Å². The van der Waals surface area contributed by atoms with Gasteiger partial charge in [0.05, 0.1) is 12.6 Å². The van der Waals surface area contributed by atoms with Crippen LogP contribution in [0.3, 0.4) is 0 Å². The number of aryl methyl sites for hydroxylation is 1. The van der Waals surface area contributed by atoms with Gasteiger partial charge in [-0.15, -0.1) is 0 Å². The van der Waals surface area contributed by atoms with E-state index in [1.165, 1.54) is 0 Å². The summed E-state index contributed by atoms with van der Waals surface area (Å²) < 4.78 is 5.63. The molecule has 0 saturated carbocycles. The molecule has 1 atom stereocenters. The van der Waals surface area contributed by atoms with Crippen LogP contribution in [-0.2, 0) is 0 Å². The van der Waals surface area contributed by atoms with Crippen LogP contribution in [0.1, 0.15) is 23.6 Å². The zero-order chi connectivity index (χ0) is 17.1. The van der Waals surface area contributed by atoms with Gasteiger partial charge >= 0.3 is 6.03 Å². The summed E-state index contributed by atoms with van der Waals surface area (Å²) in [4.78, 5) is 14.4. The molecule has 0 aliphatic carbocycles. The Morgan fingerprint density at radius 1 is 1.21 bits per heavy atom. The standard InChI is InChI=1S/C19H23N3O2/c1-13-12-14(22(2)3)8-9-16(13)20-19(23)21-17-10-11-24-18-7-5-4-6-15(17)18/h4-9,12,17H,10-11H2,1-3H3,(H2,20,21,23)/t17-/m0/s1. The van der Waals surface area contributed by atoms with Gasteiger partial charge in [0.2, 0.25) is 0 Å². The highest BCUT2D eigenvalue weighted by atomic mass is 16.5. The Hall–Kier alpha value is -2.69. The molecule has 2 amide bonds. The van der Waals surface area contributed by atoms with E-state index in [1.54, 1.807) is 0 Å². The van der Waals surface area contributed by atoms with E-state index in [0.717, 1.165) is 34.7 Å². The summed E-state index contributed by atoms with van der Waals surface area (Å²) in [5.74, 6) is 0.848. The topological polar surface area (TPSA) is 53.6 Å². The van der Waals surface area contributed by atoms with Gasteiger partial charge in [-0.05, 0) is 36.8 Å². The maximum atomic E-state index is 12.4. The van der Waals surface area contributed by atoms with Crippen molar-refractivity contribution in [1.29, 1.82) is 0 Å². The van der Waals surface area contributed by atoms with Crippen LogP contribution < -0.4 is 20.3 Å². The third-order valence-corrected chi connectivity index (χ3v) is 4.24. The molecule has 126 valence electrons. The number of urea groups is 1. The molecule has 1 aliphatic heterocycles. The molecule has 2 N–H and O–H groups in total. The Balaban J connectivity index is 1.69. The van der Waals surface area contributed by atoms with Crippen LogP contribution in [0.4, 0.5) is 16.2 Å². The minimum atomic E-state index is -0.197. The summed E-state index contributed by atoms with van der Waals surface area (Å²) in [6.07, 6.45) is 0.767. The van der Waals surface area contributed by atoms with Crippen LogP contribution in [0.15, 0.2) is 42.5 Å². The van der Waals surface area contributed by atoms with Crippen molar-refractivity contribution >= 4 is 17.4 Å². The Morgan fingerprint density at radius 3 is 2.75 bits per heavy atom. The molecule has 1 aliphatic rings. The number of carbonyl (C=O) groups excluding carboxylic acids is 1. The van der Waals surface area contributed by atoms with Crippen molar-refractivity contribution < 1.29 is 9.53 Å². The van der Waals surface area contributed by atoms with Gasteiger partial charge in [-0.2, -0.15) is 0 Å². The highest BCUT2D eigenvalue weighted by Gasteiger charge is 2.22. The SMILES string of the molecule is Cc1cc(N(C)C)ccc1NC(=O)N[C@H]1CCOc2ccccc21. The fourth-order valence-electron chi connectivity index (χ4n) is 2.87. The molecule has 0 saturated heterocycles. The Kier molecular flexibility index (Phi) is 4.60. The van der Waals surface area contributed by atoms with E-state index >= 15 is 0 Å². The van der Waals surface area contributed by atoms with Crippen molar-refractivity contribution in [1.82, 2.24) is 5.32 Å². The van der Waals surface area contributed by atoms with Crippen LogP contribution in [0.2, 0.25) is 0 Å². The molecule has 5 nitrogen and oxygen atoms in total. The first kappa shape index (κ1) is 16.2. The summed E-state index contributed by atoms with van der Waals surface area (Å²) in [6, 6.07) is 13.6. The van der Waals surface area contributed by atoms with Crippen molar-refractivity contribution in [2.45, 2.75) is 19.4 Å². The summed E-state index contributed by atoms with van der Waals surface area (Å²) in [5.41, 5.74) is 3.98. The largest absolute Gasteiger partial charge is 0.493 e. The molecule has 5 heteroatoms. The summed E-state index contributed by atoms with van der Waals surface area (Å²) >= 11 is 0. The average molecular weight is 325 g/mol. The predicted octanol–water partition coefficient (Wildman–Crippen LogP) is 3.71. The number of carbonyl (C=O) groups is 1. The van der Waals surface area contributed by atoms with Crippen molar-refractivity contribution in [2.24, 2.45) is 0 Å². The number of ether oxygens (including phenoxy) is 1. The minimum Gasteiger partial charge on any atom is -0.493 e. The van der Waals surface area contributed by atoms with Gasteiger partial charge in [0.1, 0.15) is 5.75 Å². The molecule has 0 bridgehead atoms. The molecule has 24 heavy (non-hydrogen) atoms. The number of anilines is 2. The van der Waals surface area contributed by atoms with Crippen molar-refractivity contribution in [3.63, 3.8) is 0 Å². The predicted molar refractivity (Wildman–Crippen MR) is 97.0 cm³/mol. The smallest absolute Gasteiger partial charge is 0.319 e. The number of hydrogen-bond acceptors (Lipinski definition) is 3. The Labute approximate surface area is 142 Å². The van der Waals surface area contributed by atoms with E-state index in [4.69, 9.17) is 4.74 Å². The number of nitrogens with one attached hydrogen (secondary N) is 2. The Morgan fingerprint density at radius 2 is 2.00 bits per heavy atom. The van der Waals surface area contributed by atoms with Gasteiger partial charge in [0.25, 0.3) is 0 Å². The lowest BCUT2D eigenvalue weighted by atomic mass is 10.0. The molecular weight excluding hydrogens is 302 g/mol. The maximum Gasteiger partial charge on any atom is 0.319 e. The highest BCUT2D eigenvalue weighted by Crippen LogP contribution is 2.31. The number of benzene rings is 2. The zero-order valence-electron chi connectivity index (χ0n) is 14.3. The van der Waals surface area contributed by atoms with Crippen LogP contribution in [0.25, 0.3) is 0 Å². The zero-order valence-corrected chi connectivity index (χ0v) is 14.3. The van der Waals surface area contributed by atoms with E-state index in [1.807, 2.05) is 62.3 Å². The molecule has 2 aromatic rings. The van der Waals surface area contributed by atoms with E-state index < -0.39 is 0 Å². The van der Waals surface area contributed by atoms with Crippen LogP contribution in [0.5, 0.6) is 5.75 Å². The van der Waals surface area contributed by atoms with E-state index in [2.05, 4.69) is 16.7 Å². The lowest BCUT2D eigenvalue weighted by Crippen LogP contribution is -2.35. The van der Waals surface area contributed by atoms with E-state index in [0.29, 0.717) is 6.61 Å². The van der Waals surface area contributed by atoms with Gasteiger partial charge < -0.3 is 20.3 Å². The van der Waals surface area contributed by atoms with Gasteiger partial charge in [-0.3, -0.25) is 0 Å². The third kappa shape index (κ3) is 3.45. The fourth-order valence-corrected chi connectivity index (χ4v) is 2.87. The summed E-state index contributed by atoms with van der Waals surface area (Å²) in [5, 5.41) is 5.99. The second-order valence-electron chi connectivity index (χ2n) is 6.22. The number of hydrogen-bond donors (Lipinski definition) is 2. The number of amides is 2. The molecule has 3 rings (SSSR count). The number of rotatable bonds is 3. The fraction of sp³-hybridized carbons (Fsp3) is 0.316. The van der Waals surface area contributed by atoms with Gasteiger partial charge in [-0.1, -0.05) is 18.2 Å². The van der Waals surface area contributed by atoms with E-state index in [9.17, 15) is 4.79 Å². The van der Waals surface area contributed by atoms with Crippen LogP contribution in [0, 0.1) is 6.92 Å². The normalized spacial score (nSPS) is 15.9. The maximum absolute atomic E-state index is 12.4. The number of nitrogens with zero attached hydrogens (tertiary/aromatic N) is 1. The summed E-state index contributed by atoms with van der Waals surface area (Å²) in [6.45, 7) is 2.60. The lowest BCUT2D eigenvalue weighted by Gasteiger charge is -2.26. The van der Waals surface area contributed by atoms with Crippen LogP contribution in [-0.4, -0.2) is 26.7 Å². The first-order valence-electron chi connectivity index (χ1n) is 8.12. The first-order valence-corrected chi connectivity index (χ1v) is 8.12. The third-order valence-electron chi connectivity index (χ3n) is 4.24. The molecule has 0 aromatic heterocycles. The molecular formula is C19H23N3O2. The Bertz CT molecular complexity index is 743.